The van der Waals surface area contributed by atoms with Crippen molar-refractivity contribution < 1.29 is 9.50 Å². The van der Waals surface area contributed by atoms with E-state index in [0.29, 0.717) is 16.3 Å². The summed E-state index contributed by atoms with van der Waals surface area (Å²) >= 11 is 5.78. The van der Waals surface area contributed by atoms with E-state index in [1.807, 2.05) is 0 Å². The van der Waals surface area contributed by atoms with Crippen molar-refractivity contribution >= 4 is 11.6 Å². The molecule has 1 N–H and O–H groups in total. The van der Waals surface area contributed by atoms with E-state index in [1.165, 1.54) is 18.2 Å². The topological polar surface area (TPSA) is 33.1 Å². The molecule has 0 fully saturated rings. The molecule has 0 aliphatic carbocycles. The van der Waals surface area contributed by atoms with Gasteiger partial charge in [0.1, 0.15) is 11.9 Å². The highest BCUT2D eigenvalue weighted by Gasteiger charge is 2.12. The Bertz CT molecular complexity index is 504. The first-order chi connectivity index (χ1) is 8.16. The van der Waals surface area contributed by atoms with Crippen LogP contribution in [0, 0.1) is 5.82 Å². The molecular formula is C13H11ClFNO. The van der Waals surface area contributed by atoms with Crippen LogP contribution in [0.1, 0.15) is 17.4 Å². The fourth-order valence-corrected chi connectivity index (χ4v) is 1.78. The molecule has 2 nitrogen and oxygen atoms in total. The normalized spacial score (nSPS) is 12.4. The van der Waals surface area contributed by atoms with Crippen molar-refractivity contribution in [3.63, 3.8) is 0 Å². The van der Waals surface area contributed by atoms with Crippen molar-refractivity contribution in [3.8, 4) is 0 Å². The number of benzene rings is 1. The molecule has 1 aromatic heterocycles. The summed E-state index contributed by atoms with van der Waals surface area (Å²) in [7, 11) is 0. The third-order valence-corrected chi connectivity index (χ3v) is 2.69. The minimum Gasteiger partial charge on any atom is -0.386 e. The standard InChI is InChI=1S/C13H11ClFNO/c14-10-4-5-11(15)9(7-10)8-13(17)12-3-1-2-6-16-12/h1-7,13,17H,8H2. The van der Waals surface area contributed by atoms with Crippen LogP contribution in [0.2, 0.25) is 5.02 Å². The van der Waals surface area contributed by atoms with Crippen LogP contribution < -0.4 is 0 Å². The van der Waals surface area contributed by atoms with Gasteiger partial charge < -0.3 is 5.11 Å². The van der Waals surface area contributed by atoms with Gasteiger partial charge >= 0.3 is 0 Å². The Kier molecular flexibility index (Phi) is 3.71. The minimum absolute atomic E-state index is 0.156. The first-order valence-corrected chi connectivity index (χ1v) is 5.57. The molecule has 17 heavy (non-hydrogen) atoms. The third kappa shape index (κ3) is 3.02. The summed E-state index contributed by atoms with van der Waals surface area (Å²) in [6, 6.07) is 9.53. The number of halogens is 2. The molecule has 1 atom stereocenters. The van der Waals surface area contributed by atoms with Gasteiger partial charge in [0.15, 0.2) is 0 Å². The van der Waals surface area contributed by atoms with Crippen molar-refractivity contribution in [2.75, 3.05) is 0 Å². The first-order valence-electron chi connectivity index (χ1n) is 5.20. The highest BCUT2D eigenvalue weighted by molar-refractivity contribution is 6.30. The lowest BCUT2D eigenvalue weighted by Crippen LogP contribution is -2.05. The fraction of sp³-hybridized carbons (Fsp3) is 0.154. The number of rotatable bonds is 3. The second kappa shape index (κ2) is 5.25. The zero-order valence-electron chi connectivity index (χ0n) is 8.98. The van der Waals surface area contributed by atoms with E-state index in [9.17, 15) is 9.50 Å². The molecule has 1 unspecified atom stereocenters. The summed E-state index contributed by atoms with van der Waals surface area (Å²) in [6.07, 6.45) is 0.917. The zero-order valence-corrected chi connectivity index (χ0v) is 9.73. The monoisotopic (exact) mass is 251 g/mol. The number of aliphatic hydroxyl groups is 1. The molecule has 1 aromatic carbocycles. The van der Waals surface area contributed by atoms with Crippen LogP contribution in [0.4, 0.5) is 4.39 Å². The van der Waals surface area contributed by atoms with Crippen molar-refractivity contribution in [3.05, 3.63) is 64.7 Å². The zero-order chi connectivity index (χ0) is 12.3. The molecule has 0 aliphatic rings. The lowest BCUT2D eigenvalue weighted by Gasteiger charge is -2.10. The van der Waals surface area contributed by atoms with Crippen molar-refractivity contribution in [1.82, 2.24) is 4.98 Å². The fourth-order valence-electron chi connectivity index (χ4n) is 1.59. The highest BCUT2D eigenvalue weighted by Crippen LogP contribution is 2.21. The molecule has 2 aromatic rings. The average molecular weight is 252 g/mol. The molecule has 0 radical (unpaired) electrons. The molecule has 4 heteroatoms. The molecule has 1 heterocycles. The van der Waals surface area contributed by atoms with Gasteiger partial charge in [0.25, 0.3) is 0 Å². The molecule has 0 spiro atoms. The molecule has 0 aliphatic heterocycles. The second-order valence-corrected chi connectivity index (χ2v) is 4.15. The number of nitrogens with zero attached hydrogens (tertiary/aromatic N) is 1. The Labute approximate surface area is 104 Å². The Balaban J connectivity index is 2.18. The van der Waals surface area contributed by atoms with E-state index < -0.39 is 6.10 Å². The van der Waals surface area contributed by atoms with E-state index in [2.05, 4.69) is 4.98 Å². The quantitative estimate of drug-likeness (QED) is 0.909. The van der Waals surface area contributed by atoms with Crippen LogP contribution in [0.5, 0.6) is 0 Å². The maximum Gasteiger partial charge on any atom is 0.126 e. The van der Waals surface area contributed by atoms with Crippen LogP contribution in [0.15, 0.2) is 42.6 Å². The van der Waals surface area contributed by atoms with Gasteiger partial charge in [0.2, 0.25) is 0 Å². The summed E-state index contributed by atoms with van der Waals surface area (Å²) in [4.78, 5) is 4.02. The molecule has 88 valence electrons. The highest BCUT2D eigenvalue weighted by atomic mass is 35.5. The predicted octanol–water partition coefficient (Wildman–Crippen LogP) is 3.15. The van der Waals surface area contributed by atoms with E-state index in [1.54, 1.807) is 24.4 Å². The first kappa shape index (κ1) is 12.0. The van der Waals surface area contributed by atoms with Crippen LogP contribution >= 0.6 is 11.6 Å². The van der Waals surface area contributed by atoms with Crippen LogP contribution in [0.25, 0.3) is 0 Å². The van der Waals surface area contributed by atoms with Crippen molar-refractivity contribution in [2.45, 2.75) is 12.5 Å². The van der Waals surface area contributed by atoms with Gasteiger partial charge in [-0.1, -0.05) is 17.7 Å². The van der Waals surface area contributed by atoms with E-state index in [4.69, 9.17) is 11.6 Å². The maximum absolute atomic E-state index is 13.5. The largest absolute Gasteiger partial charge is 0.386 e. The van der Waals surface area contributed by atoms with Crippen LogP contribution in [-0.4, -0.2) is 10.1 Å². The van der Waals surface area contributed by atoms with Gasteiger partial charge in [-0.3, -0.25) is 4.98 Å². The maximum atomic E-state index is 13.5. The Morgan fingerprint density at radius 3 is 2.82 bits per heavy atom. The summed E-state index contributed by atoms with van der Waals surface area (Å²) in [5, 5.41) is 10.4. The SMILES string of the molecule is OC(Cc1cc(Cl)ccc1F)c1ccccn1. The van der Waals surface area contributed by atoms with Crippen LogP contribution in [-0.2, 0) is 6.42 Å². The lowest BCUT2D eigenvalue weighted by atomic mass is 10.0. The average Bonchev–Trinajstić information content (AvgIpc) is 2.35. The lowest BCUT2D eigenvalue weighted by molar-refractivity contribution is 0.172. The minimum atomic E-state index is -0.829. The number of hydrogen-bond donors (Lipinski definition) is 1. The van der Waals surface area contributed by atoms with E-state index >= 15 is 0 Å². The smallest absolute Gasteiger partial charge is 0.126 e. The van der Waals surface area contributed by atoms with Gasteiger partial charge in [0, 0.05) is 17.6 Å². The van der Waals surface area contributed by atoms with Gasteiger partial charge in [-0.2, -0.15) is 0 Å². The number of pyridine rings is 1. The van der Waals surface area contributed by atoms with Gasteiger partial charge in [0.05, 0.1) is 5.69 Å². The Morgan fingerprint density at radius 1 is 1.29 bits per heavy atom. The summed E-state index contributed by atoms with van der Waals surface area (Å²) in [5.41, 5.74) is 0.905. The van der Waals surface area contributed by atoms with E-state index in [0.717, 1.165) is 0 Å². The van der Waals surface area contributed by atoms with Crippen molar-refractivity contribution in [1.29, 1.82) is 0 Å². The Morgan fingerprint density at radius 2 is 2.12 bits per heavy atom. The van der Waals surface area contributed by atoms with Gasteiger partial charge in [-0.05, 0) is 35.9 Å². The molecular weight excluding hydrogens is 241 g/mol. The number of aliphatic hydroxyl groups excluding tert-OH is 1. The van der Waals surface area contributed by atoms with Gasteiger partial charge in [-0.25, -0.2) is 4.39 Å². The van der Waals surface area contributed by atoms with Crippen molar-refractivity contribution in [2.24, 2.45) is 0 Å². The molecule has 2 rings (SSSR count). The predicted molar refractivity (Wildman–Crippen MR) is 64.3 cm³/mol. The molecule has 0 amide bonds. The second-order valence-electron chi connectivity index (χ2n) is 3.71. The molecule has 0 saturated heterocycles. The summed E-state index contributed by atoms with van der Waals surface area (Å²) in [6.45, 7) is 0. The number of aromatic nitrogens is 1. The Hall–Kier alpha value is -1.45. The number of hydrogen-bond acceptors (Lipinski definition) is 2. The molecule has 0 saturated carbocycles. The summed E-state index contributed by atoms with van der Waals surface area (Å²) < 4.78 is 13.5. The third-order valence-electron chi connectivity index (χ3n) is 2.45. The van der Waals surface area contributed by atoms with E-state index in [-0.39, 0.29) is 12.2 Å². The van der Waals surface area contributed by atoms with Gasteiger partial charge in [-0.15, -0.1) is 0 Å². The van der Waals surface area contributed by atoms with Crippen LogP contribution in [0.3, 0.4) is 0 Å². The summed E-state index contributed by atoms with van der Waals surface area (Å²) in [5.74, 6) is -0.371. The molecule has 0 bridgehead atoms.